The van der Waals surface area contributed by atoms with Gasteiger partial charge in [0.2, 0.25) is 0 Å². The number of rotatable bonds is 4. The van der Waals surface area contributed by atoms with Crippen molar-refractivity contribution in [2.45, 2.75) is 0 Å². The number of furan rings is 1. The molecule has 3 aromatic heterocycles. The minimum Gasteiger partial charge on any atom is -0.456 e. The van der Waals surface area contributed by atoms with E-state index >= 15 is 0 Å². The van der Waals surface area contributed by atoms with Crippen LogP contribution >= 0.6 is 11.3 Å². The lowest BCUT2D eigenvalue weighted by atomic mass is 10.0. The second kappa shape index (κ2) is 9.97. The van der Waals surface area contributed by atoms with E-state index in [2.05, 4.69) is 97.1 Å². The van der Waals surface area contributed by atoms with Crippen molar-refractivity contribution in [3.8, 4) is 45.3 Å². The number of benzene rings is 6. The average Bonchev–Trinajstić information content (AvgIpc) is 3.66. The van der Waals surface area contributed by atoms with Gasteiger partial charge in [0.25, 0.3) is 0 Å². The first kappa shape index (κ1) is 24.9. The predicted octanol–water partition coefficient (Wildman–Crippen LogP) is 10.8. The van der Waals surface area contributed by atoms with Crippen molar-refractivity contribution >= 4 is 53.4 Å². The summed E-state index contributed by atoms with van der Waals surface area (Å²) >= 11 is 1.77. The van der Waals surface area contributed by atoms with Crippen LogP contribution in [-0.2, 0) is 0 Å². The lowest BCUT2D eigenvalue weighted by Gasteiger charge is -2.09. The molecule has 206 valence electrons. The van der Waals surface area contributed by atoms with Crippen LogP contribution in [0.4, 0.5) is 0 Å². The Bertz CT molecular complexity index is 2500. The maximum Gasteiger partial charge on any atom is 0.165 e. The van der Waals surface area contributed by atoms with Gasteiger partial charge in [0.1, 0.15) is 11.2 Å². The standard InChI is InChI=1S/C39H23N3OS/c1-3-10-24(11-4-1)26-19-21-33-32(22-26)28-20-18-27(23-34(28)43-33)38-40-37(25-12-5-2-6-13-25)41-39(42-38)31-16-9-15-30-29-14-7-8-17-35(29)44-36(30)31/h1-23H. The van der Waals surface area contributed by atoms with Crippen molar-refractivity contribution in [3.63, 3.8) is 0 Å². The molecule has 0 saturated carbocycles. The van der Waals surface area contributed by atoms with Crippen molar-refractivity contribution in [1.29, 1.82) is 0 Å². The number of hydrogen-bond acceptors (Lipinski definition) is 5. The molecule has 6 aromatic carbocycles. The highest BCUT2D eigenvalue weighted by molar-refractivity contribution is 7.26. The Balaban J connectivity index is 1.22. The molecule has 0 saturated heterocycles. The number of aromatic nitrogens is 3. The predicted molar refractivity (Wildman–Crippen MR) is 182 cm³/mol. The lowest BCUT2D eigenvalue weighted by molar-refractivity contribution is 0.669. The van der Waals surface area contributed by atoms with Gasteiger partial charge < -0.3 is 4.42 Å². The van der Waals surface area contributed by atoms with Gasteiger partial charge in [-0.3, -0.25) is 0 Å². The normalized spacial score (nSPS) is 11.6. The fourth-order valence-electron chi connectivity index (χ4n) is 5.99. The molecular weight excluding hydrogens is 559 g/mol. The summed E-state index contributed by atoms with van der Waals surface area (Å²) in [6, 6.07) is 48.0. The molecule has 0 amide bonds. The first-order valence-electron chi connectivity index (χ1n) is 14.5. The third kappa shape index (κ3) is 4.09. The van der Waals surface area contributed by atoms with E-state index < -0.39 is 0 Å². The monoisotopic (exact) mass is 581 g/mol. The molecule has 4 nitrogen and oxygen atoms in total. The summed E-state index contributed by atoms with van der Waals surface area (Å²) in [5.41, 5.74) is 6.83. The molecule has 0 spiro atoms. The Morgan fingerprint density at radius 1 is 0.409 bits per heavy atom. The summed E-state index contributed by atoms with van der Waals surface area (Å²) < 4.78 is 8.78. The van der Waals surface area contributed by atoms with Gasteiger partial charge in [0, 0.05) is 47.6 Å². The highest BCUT2D eigenvalue weighted by Gasteiger charge is 2.17. The van der Waals surface area contributed by atoms with Crippen LogP contribution in [0.15, 0.2) is 144 Å². The van der Waals surface area contributed by atoms with Gasteiger partial charge in [0.05, 0.1) is 0 Å². The summed E-state index contributed by atoms with van der Waals surface area (Å²) in [5.74, 6) is 1.91. The summed E-state index contributed by atoms with van der Waals surface area (Å²) in [7, 11) is 0. The van der Waals surface area contributed by atoms with E-state index in [4.69, 9.17) is 19.4 Å². The van der Waals surface area contributed by atoms with Gasteiger partial charge in [-0.1, -0.05) is 103 Å². The van der Waals surface area contributed by atoms with E-state index in [9.17, 15) is 0 Å². The van der Waals surface area contributed by atoms with Gasteiger partial charge in [-0.15, -0.1) is 11.3 Å². The van der Waals surface area contributed by atoms with E-state index in [-0.39, 0.29) is 0 Å². The van der Waals surface area contributed by atoms with Crippen molar-refractivity contribution in [1.82, 2.24) is 15.0 Å². The van der Waals surface area contributed by atoms with Gasteiger partial charge in [-0.25, -0.2) is 15.0 Å². The van der Waals surface area contributed by atoms with Crippen LogP contribution in [0.5, 0.6) is 0 Å². The number of fused-ring (bicyclic) bond motifs is 6. The third-order valence-electron chi connectivity index (χ3n) is 8.15. The SMILES string of the molecule is c1ccc(-c2ccc3oc4cc(-c5nc(-c6ccccc6)nc(-c6cccc7c6sc6ccccc67)n5)ccc4c3c2)cc1. The largest absolute Gasteiger partial charge is 0.456 e. The lowest BCUT2D eigenvalue weighted by Crippen LogP contribution is -2.00. The number of nitrogens with zero attached hydrogens (tertiary/aromatic N) is 3. The molecule has 0 atom stereocenters. The van der Waals surface area contributed by atoms with Crippen LogP contribution in [-0.4, -0.2) is 15.0 Å². The molecule has 44 heavy (non-hydrogen) atoms. The topological polar surface area (TPSA) is 51.8 Å². The van der Waals surface area contributed by atoms with Gasteiger partial charge >= 0.3 is 0 Å². The van der Waals surface area contributed by atoms with Crippen LogP contribution in [0.2, 0.25) is 0 Å². The second-order valence-electron chi connectivity index (χ2n) is 10.8. The first-order chi connectivity index (χ1) is 21.8. The molecule has 9 rings (SSSR count). The zero-order chi connectivity index (χ0) is 29.0. The third-order valence-corrected chi connectivity index (χ3v) is 9.37. The van der Waals surface area contributed by atoms with Crippen LogP contribution < -0.4 is 0 Å². The molecular formula is C39H23N3OS. The molecule has 0 fully saturated rings. The van der Waals surface area contributed by atoms with Gasteiger partial charge in [-0.05, 0) is 47.5 Å². The van der Waals surface area contributed by atoms with Crippen LogP contribution in [0.3, 0.4) is 0 Å². The Morgan fingerprint density at radius 2 is 1.09 bits per heavy atom. The van der Waals surface area contributed by atoms with E-state index in [1.54, 1.807) is 11.3 Å². The number of hydrogen-bond donors (Lipinski definition) is 0. The minimum atomic E-state index is 0.610. The second-order valence-corrected chi connectivity index (χ2v) is 11.9. The zero-order valence-corrected chi connectivity index (χ0v) is 24.3. The highest BCUT2D eigenvalue weighted by atomic mass is 32.1. The maximum atomic E-state index is 6.36. The number of thiophene rings is 1. The smallest absolute Gasteiger partial charge is 0.165 e. The fourth-order valence-corrected chi connectivity index (χ4v) is 7.20. The minimum absolute atomic E-state index is 0.610. The summed E-state index contributed by atoms with van der Waals surface area (Å²) in [6.45, 7) is 0. The van der Waals surface area contributed by atoms with E-state index in [1.807, 2.05) is 42.5 Å². The van der Waals surface area contributed by atoms with Crippen molar-refractivity contribution < 1.29 is 4.42 Å². The Kier molecular flexibility index (Phi) is 5.64. The Morgan fingerprint density at radius 3 is 1.93 bits per heavy atom. The summed E-state index contributed by atoms with van der Waals surface area (Å²) in [6.07, 6.45) is 0. The van der Waals surface area contributed by atoms with E-state index in [0.717, 1.165) is 44.2 Å². The van der Waals surface area contributed by atoms with Crippen molar-refractivity contribution in [3.05, 3.63) is 140 Å². The molecule has 0 unspecified atom stereocenters. The maximum absolute atomic E-state index is 6.36. The Labute approximate surface area is 256 Å². The van der Waals surface area contributed by atoms with E-state index in [1.165, 1.54) is 25.7 Å². The molecule has 5 heteroatoms. The summed E-state index contributed by atoms with van der Waals surface area (Å²) in [5, 5.41) is 4.61. The molecule has 0 aliphatic carbocycles. The quantitative estimate of drug-likeness (QED) is 0.207. The molecule has 0 N–H and O–H groups in total. The summed E-state index contributed by atoms with van der Waals surface area (Å²) in [4.78, 5) is 15.1. The average molecular weight is 582 g/mol. The zero-order valence-electron chi connectivity index (χ0n) is 23.4. The van der Waals surface area contributed by atoms with E-state index in [0.29, 0.717) is 17.5 Å². The van der Waals surface area contributed by atoms with Gasteiger partial charge in [0.15, 0.2) is 17.5 Å². The van der Waals surface area contributed by atoms with Crippen LogP contribution in [0.1, 0.15) is 0 Å². The molecule has 0 radical (unpaired) electrons. The van der Waals surface area contributed by atoms with Gasteiger partial charge in [-0.2, -0.15) is 0 Å². The van der Waals surface area contributed by atoms with Crippen LogP contribution in [0, 0.1) is 0 Å². The molecule has 0 aliphatic rings. The molecule has 3 heterocycles. The fraction of sp³-hybridized carbons (Fsp3) is 0. The molecule has 9 aromatic rings. The molecule has 0 bridgehead atoms. The van der Waals surface area contributed by atoms with Crippen molar-refractivity contribution in [2.75, 3.05) is 0 Å². The molecule has 0 aliphatic heterocycles. The first-order valence-corrected chi connectivity index (χ1v) is 15.3. The van der Waals surface area contributed by atoms with Crippen LogP contribution in [0.25, 0.3) is 87.4 Å². The van der Waals surface area contributed by atoms with Crippen molar-refractivity contribution in [2.24, 2.45) is 0 Å². The Hall–Kier alpha value is -5.65. The highest BCUT2D eigenvalue weighted by Crippen LogP contribution is 2.40.